The summed E-state index contributed by atoms with van der Waals surface area (Å²) < 4.78 is 9.98. The molecule has 1 rings (SSSR count). The van der Waals surface area contributed by atoms with Crippen molar-refractivity contribution in [2.45, 2.75) is 18.9 Å². The van der Waals surface area contributed by atoms with Gasteiger partial charge < -0.3 is 19.9 Å². The average Bonchev–Trinajstić information content (AvgIpc) is 2.47. The number of rotatable bonds is 10. The Hall–Kier alpha value is -1.92. The van der Waals surface area contributed by atoms with E-state index in [1.165, 1.54) is 0 Å². The fourth-order valence-corrected chi connectivity index (χ4v) is 1.73. The van der Waals surface area contributed by atoms with E-state index in [9.17, 15) is 9.59 Å². The van der Waals surface area contributed by atoms with Crippen molar-refractivity contribution in [1.29, 1.82) is 0 Å². The zero-order valence-electron chi connectivity index (χ0n) is 12.1. The third kappa shape index (κ3) is 7.43. The minimum Gasteiger partial charge on any atom is -0.480 e. The summed E-state index contributed by atoms with van der Waals surface area (Å²) in [4.78, 5) is 22.9. The molecule has 0 saturated carbocycles. The number of carbonyl (C=O) groups excluding carboxylic acids is 1. The van der Waals surface area contributed by atoms with Gasteiger partial charge in [0.15, 0.2) is 0 Å². The molecule has 6 heteroatoms. The lowest BCUT2D eigenvalue weighted by Crippen LogP contribution is -2.42. The summed E-state index contributed by atoms with van der Waals surface area (Å²) in [5.74, 6) is -1.39. The monoisotopic (exact) mass is 295 g/mol. The van der Waals surface area contributed by atoms with Crippen molar-refractivity contribution in [3.63, 3.8) is 0 Å². The average molecular weight is 295 g/mol. The molecule has 1 atom stereocenters. The first-order valence-corrected chi connectivity index (χ1v) is 6.76. The van der Waals surface area contributed by atoms with E-state index >= 15 is 0 Å². The molecule has 0 fully saturated rings. The topological polar surface area (TPSA) is 84.9 Å². The minimum absolute atomic E-state index is 0.127. The largest absolute Gasteiger partial charge is 0.480 e. The number of carboxylic acid groups (broad SMARTS) is 1. The summed E-state index contributed by atoms with van der Waals surface area (Å²) in [5, 5.41) is 11.7. The van der Waals surface area contributed by atoms with Crippen LogP contribution in [-0.2, 0) is 25.5 Å². The van der Waals surface area contributed by atoms with Crippen LogP contribution < -0.4 is 5.32 Å². The number of aliphatic carboxylic acids is 1. The number of carboxylic acids is 1. The van der Waals surface area contributed by atoms with Crippen LogP contribution in [0.25, 0.3) is 0 Å². The van der Waals surface area contributed by atoms with E-state index in [0.29, 0.717) is 13.2 Å². The van der Waals surface area contributed by atoms with Crippen LogP contribution in [0.1, 0.15) is 12.0 Å². The molecule has 0 unspecified atom stereocenters. The number of amides is 1. The molecule has 1 aromatic carbocycles. The Kier molecular flexibility index (Phi) is 8.08. The lowest BCUT2D eigenvalue weighted by molar-refractivity contribution is -0.142. The van der Waals surface area contributed by atoms with E-state index in [-0.39, 0.29) is 25.4 Å². The number of hydrogen-bond acceptors (Lipinski definition) is 4. The zero-order valence-corrected chi connectivity index (χ0v) is 12.1. The highest BCUT2D eigenvalue weighted by atomic mass is 16.5. The van der Waals surface area contributed by atoms with Crippen molar-refractivity contribution in [2.75, 3.05) is 26.9 Å². The number of nitrogens with one attached hydrogen (secondary N) is 1. The number of ether oxygens (including phenoxy) is 2. The van der Waals surface area contributed by atoms with Crippen molar-refractivity contribution in [3.8, 4) is 0 Å². The highest BCUT2D eigenvalue weighted by molar-refractivity contribution is 5.83. The molecule has 0 aromatic heterocycles. The quantitative estimate of drug-likeness (QED) is 0.625. The van der Waals surface area contributed by atoms with Crippen LogP contribution in [0.5, 0.6) is 0 Å². The van der Waals surface area contributed by atoms with Gasteiger partial charge in [0.1, 0.15) is 6.04 Å². The van der Waals surface area contributed by atoms with Crippen molar-refractivity contribution >= 4 is 11.9 Å². The fourth-order valence-electron chi connectivity index (χ4n) is 1.73. The molecule has 116 valence electrons. The van der Waals surface area contributed by atoms with E-state index in [2.05, 4.69) is 5.32 Å². The standard InChI is InChI=1S/C15H21NO5/c1-20-9-10-21-8-7-14(17)16-13(15(18)19)11-12-5-3-2-4-6-12/h2-6,13H,7-11H2,1H3,(H,16,17)(H,18,19)/t13-/m1/s1. The first kappa shape index (κ1) is 17.1. The predicted molar refractivity (Wildman–Crippen MR) is 77.0 cm³/mol. The summed E-state index contributed by atoms with van der Waals surface area (Å²) in [6, 6.07) is 8.25. The summed E-state index contributed by atoms with van der Waals surface area (Å²) in [7, 11) is 1.57. The van der Waals surface area contributed by atoms with E-state index in [0.717, 1.165) is 5.56 Å². The molecular weight excluding hydrogens is 274 g/mol. The Morgan fingerprint density at radius 2 is 1.90 bits per heavy atom. The molecule has 0 aliphatic heterocycles. The van der Waals surface area contributed by atoms with E-state index in [1.807, 2.05) is 30.3 Å². The van der Waals surface area contributed by atoms with Crippen molar-refractivity contribution in [2.24, 2.45) is 0 Å². The molecule has 1 aromatic rings. The predicted octanol–water partition coefficient (Wildman–Crippen LogP) is 0.852. The molecular formula is C15H21NO5. The Balaban J connectivity index is 2.36. The van der Waals surface area contributed by atoms with Crippen LogP contribution >= 0.6 is 0 Å². The van der Waals surface area contributed by atoms with Crippen molar-refractivity contribution in [1.82, 2.24) is 5.32 Å². The van der Waals surface area contributed by atoms with Crippen molar-refractivity contribution in [3.05, 3.63) is 35.9 Å². The highest BCUT2D eigenvalue weighted by Crippen LogP contribution is 2.03. The smallest absolute Gasteiger partial charge is 0.326 e. The molecule has 21 heavy (non-hydrogen) atoms. The third-order valence-corrected chi connectivity index (χ3v) is 2.82. The van der Waals surface area contributed by atoms with Gasteiger partial charge in [0, 0.05) is 20.0 Å². The molecule has 6 nitrogen and oxygen atoms in total. The lowest BCUT2D eigenvalue weighted by atomic mass is 10.1. The molecule has 0 saturated heterocycles. The van der Waals surface area contributed by atoms with Crippen LogP contribution in [0.2, 0.25) is 0 Å². The van der Waals surface area contributed by atoms with E-state index in [1.54, 1.807) is 7.11 Å². The lowest BCUT2D eigenvalue weighted by Gasteiger charge is -2.14. The van der Waals surface area contributed by atoms with Crippen LogP contribution in [0.15, 0.2) is 30.3 Å². The van der Waals surface area contributed by atoms with E-state index in [4.69, 9.17) is 14.6 Å². The molecule has 0 spiro atoms. The SMILES string of the molecule is COCCOCCC(=O)N[C@H](Cc1ccccc1)C(=O)O. The number of carbonyl (C=O) groups is 2. The van der Waals surface area contributed by atoms with Gasteiger partial charge in [0.2, 0.25) is 5.91 Å². The molecule has 0 radical (unpaired) electrons. The molecule has 0 aliphatic carbocycles. The third-order valence-electron chi connectivity index (χ3n) is 2.82. The van der Waals surface area contributed by atoms with Crippen LogP contribution in [0.3, 0.4) is 0 Å². The maximum Gasteiger partial charge on any atom is 0.326 e. The van der Waals surface area contributed by atoms with Gasteiger partial charge in [0.25, 0.3) is 0 Å². The molecule has 0 bridgehead atoms. The first-order chi connectivity index (χ1) is 10.1. The highest BCUT2D eigenvalue weighted by Gasteiger charge is 2.20. The Labute approximate surface area is 124 Å². The summed E-state index contributed by atoms with van der Waals surface area (Å²) in [6.07, 6.45) is 0.384. The molecule has 0 heterocycles. The Morgan fingerprint density at radius 3 is 2.52 bits per heavy atom. The second kappa shape index (κ2) is 9.90. The normalized spacial score (nSPS) is 11.9. The van der Waals surface area contributed by atoms with Gasteiger partial charge in [0.05, 0.1) is 19.8 Å². The van der Waals surface area contributed by atoms with Crippen LogP contribution in [-0.4, -0.2) is 50.0 Å². The van der Waals surface area contributed by atoms with Crippen LogP contribution in [0.4, 0.5) is 0 Å². The number of benzene rings is 1. The second-order valence-electron chi connectivity index (χ2n) is 4.50. The van der Waals surface area contributed by atoms with E-state index < -0.39 is 12.0 Å². The summed E-state index contributed by atoms with van der Waals surface area (Å²) >= 11 is 0. The fraction of sp³-hybridized carbons (Fsp3) is 0.467. The first-order valence-electron chi connectivity index (χ1n) is 6.76. The van der Waals surface area contributed by atoms with Gasteiger partial charge >= 0.3 is 5.97 Å². The van der Waals surface area contributed by atoms with Gasteiger partial charge in [-0.2, -0.15) is 0 Å². The Bertz CT molecular complexity index is 435. The molecule has 1 amide bonds. The summed E-state index contributed by atoms with van der Waals surface area (Å²) in [6.45, 7) is 1.12. The van der Waals surface area contributed by atoms with Gasteiger partial charge in [-0.05, 0) is 5.56 Å². The van der Waals surface area contributed by atoms with Gasteiger partial charge in [-0.15, -0.1) is 0 Å². The van der Waals surface area contributed by atoms with Gasteiger partial charge in [-0.3, -0.25) is 4.79 Å². The van der Waals surface area contributed by atoms with Gasteiger partial charge in [-0.1, -0.05) is 30.3 Å². The minimum atomic E-state index is -1.05. The number of hydrogen-bond donors (Lipinski definition) is 2. The maximum atomic E-state index is 11.7. The zero-order chi connectivity index (χ0) is 15.5. The second-order valence-corrected chi connectivity index (χ2v) is 4.50. The maximum absolute atomic E-state index is 11.7. The van der Waals surface area contributed by atoms with Crippen LogP contribution in [0, 0.1) is 0 Å². The van der Waals surface area contributed by atoms with Gasteiger partial charge in [-0.25, -0.2) is 4.79 Å². The Morgan fingerprint density at radius 1 is 1.19 bits per heavy atom. The van der Waals surface area contributed by atoms with Crippen molar-refractivity contribution < 1.29 is 24.2 Å². The number of methoxy groups -OCH3 is 1. The molecule has 2 N–H and O–H groups in total. The summed E-state index contributed by atoms with van der Waals surface area (Å²) in [5.41, 5.74) is 0.863. The molecule has 0 aliphatic rings.